The van der Waals surface area contributed by atoms with Crippen LogP contribution in [0.4, 0.5) is 0 Å². The molecule has 1 aromatic carbocycles. The molecule has 3 rings (SSSR count). The SMILES string of the molecule is COC(=O)/C=C1/S/C(=N\N=Cc2ccc3ccncc3c2)NC1=O. The minimum absolute atomic E-state index is 0.215. The molecule has 0 aliphatic carbocycles. The normalized spacial score (nSPS) is 17.8. The van der Waals surface area contributed by atoms with Crippen molar-refractivity contribution in [3.63, 3.8) is 0 Å². The highest BCUT2D eigenvalue weighted by Gasteiger charge is 2.24. The number of esters is 1. The summed E-state index contributed by atoms with van der Waals surface area (Å²) < 4.78 is 4.49. The second kappa shape index (κ2) is 7.05. The molecular formula is C16H12N4O3S. The van der Waals surface area contributed by atoms with Crippen LogP contribution in [0, 0.1) is 0 Å². The minimum atomic E-state index is -0.595. The summed E-state index contributed by atoms with van der Waals surface area (Å²) in [6.45, 7) is 0. The minimum Gasteiger partial charge on any atom is -0.466 e. The Labute approximate surface area is 141 Å². The van der Waals surface area contributed by atoms with Crippen LogP contribution in [0.1, 0.15) is 5.56 Å². The molecule has 24 heavy (non-hydrogen) atoms. The van der Waals surface area contributed by atoms with Crippen molar-refractivity contribution in [2.75, 3.05) is 7.11 Å². The number of fused-ring (bicyclic) bond motifs is 1. The van der Waals surface area contributed by atoms with Crippen molar-refractivity contribution < 1.29 is 14.3 Å². The van der Waals surface area contributed by atoms with Gasteiger partial charge < -0.3 is 4.74 Å². The molecule has 7 nitrogen and oxygen atoms in total. The summed E-state index contributed by atoms with van der Waals surface area (Å²) in [6.07, 6.45) is 6.20. The van der Waals surface area contributed by atoms with Crippen LogP contribution < -0.4 is 5.32 Å². The maximum absolute atomic E-state index is 11.7. The average Bonchev–Trinajstić information content (AvgIpc) is 2.94. The molecule has 1 aliphatic heterocycles. The molecule has 1 amide bonds. The molecular weight excluding hydrogens is 328 g/mol. The Hall–Kier alpha value is -3.00. The number of ether oxygens (including phenoxy) is 1. The first-order valence-electron chi connectivity index (χ1n) is 6.89. The van der Waals surface area contributed by atoms with Gasteiger partial charge in [-0.2, -0.15) is 5.10 Å². The van der Waals surface area contributed by atoms with Gasteiger partial charge in [0.25, 0.3) is 5.91 Å². The molecule has 0 atom stereocenters. The number of benzene rings is 1. The zero-order valence-corrected chi connectivity index (χ0v) is 13.4. The largest absolute Gasteiger partial charge is 0.466 e. The third-order valence-electron chi connectivity index (χ3n) is 3.12. The summed E-state index contributed by atoms with van der Waals surface area (Å²) in [5.41, 5.74) is 0.861. The molecule has 1 saturated heterocycles. The van der Waals surface area contributed by atoms with Gasteiger partial charge in [0.2, 0.25) is 0 Å². The number of carbonyl (C=O) groups is 2. The summed E-state index contributed by atoms with van der Waals surface area (Å²) in [5.74, 6) is -1.00. The summed E-state index contributed by atoms with van der Waals surface area (Å²) in [7, 11) is 1.25. The Morgan fingerprint density at radius 1 is 1.33 bits per heavy atom. The number of methoxy groups -OCH3 is 1. The van der Waals surface area contributed by atoms with Gasteiger partial charge in [0.1, 0.15) is 0 Å². The molecule has 2 aromatic rings. The highest BCUT2D eigenvalue weighted by atomic mass is 32.2. The van der Waals surface area contributed by atoms with E-state index in [1.165, 1.54) is 7.11 Å². The number of amidine groups is 1. The van der Waals surface area contributed by atoms with Gasteiger partial charge in [-0.05, 0) is 34.8 Å². The first-order valence-corrected chi connectivity index (χ1v) is 7.71. The fraction of sp³-hybridized carbons (Fsp3) is 0.0625. The van der Waals surface area contributed by atoms with Gasteiger partial charge in [-0.1, -0.05) is 12.1 Å². The Balaban J connectivity index is 1.73. The average molecular weight is 340 g/mol. The van der Waals surface area contributed by atoms with E-state index in [2.05, 4.69) is 25.2 Å². The van der Waals surface area contributed by atoms with Gasteiger partial charge in [-0.25, -0.2) is 4.79 Å². The standard InChI is InChI=1S/C16H12N4O3S/c1-23-14(21)7-13-15(22)19-16(24-13)20-18-8-10-2-3-11-4-5-17-9-12(11)6-10/h2-9H,1H3,(H,19,20,22)/b13-7+,18-8?. The van der Waals surface area contributed by atoms with Crippen molar-refractivity contribution in [3.8, 4) is 0 Å². The van der Waals surface area contributed by atoms with Crippen LogP contribution in [-0.4, -0.2) is 35.4 Å². The zero-order valence-electron chi connectivity index (χ0n) is 12.6. The number of rotatable bonds is 3. The highest BCUT2D eigenvalue weighted by molar-refractivity contribution is 8.18. The third kappa shape index (κ3) is 3.66. The first kappa shape index (κ1) is 15.9. The third-order valence-corrected chi connectivity index (χ3v) is 4.02. The quantitative estimate of drug-likeness (QED) is 0.398. The van der Waals surface area contributed by atoms with E-state index in [9.17, 15) is 9.59 Å². The van der Waals surface area contributed by atoms with Gasteiger partial charge in [0.15, 0.2) is 5.17 Å². The topological polar surface area (TPSA) is 93.0 Å². The molecule has 8 heteroatoms. The predicted molar refractivity (Wildman–Crippen MR) is 92.6 cm³/mol. The van der Waals surface area contributed by atoms with E-state index in [1.54, 1.807) is 18.6 Å². The van der Waals surface area contributed by atoms with Crippen molar-refractivity contribution in [1.82, 2.24) is 10.3 Å². The van der Waals surface area contributed by atoms with Gasteiger partial charge in [-0.3, -0.25) is 15.1 Å². The van der Waals surface area contributed by atoms with E-state index in [0.717, 1.165) is 34.2 Å². The smallest absolute Gasteiger partial charge is 0.331 e. The lowest BCUT2D eigenvalue weighted by atomic mass is 10.1. The van der Waals surface area contributed by atoms with E-state index < -0.39 is 11.9 Å². The van der Waals surface area contributed by atoms with Crippen LogP contribution >= 0.6 is 11.8 Å². The van der Waals surface area contributed by atoms with Crippen LogP contribution in [0.2, 0.25) is 0 Å². The van der Waals surface area contributed by atoms with Crippen molar-refractivity contribution >= 4 is 45.8 Å². The van der Waals surface area contributed by atoms with Gasteiger partial charge >= 0.3 is 5.97 Å². The second-order valence-electron chi connectivity index (χ2n) is 4.72. The zero-order chi connectivity index (χ0) is 16.9. The molecule has 120 valence electrons. The molecule has 0 saturated carbocycles. The van der Waals surface area contributed by atoms with Crippen molar-refractivity contribution in [2.24, 2.45) is 10.2 Å². The monoisotopic (exact) mass is 340 g/mol. The second-order valence-corrected chi connectivity index (χ2v) is 5.75. The van der Waals surface area contributed by atoms with E-state index in [0.29, 0.717) is 5.17 Å². The van der Waals surface area contributed by atoms with Gasteiger partial charge in [-0.15, -0.1) is 5.10 Å². The molecule has 1 fully saturated rings. The number of nitrogens with one attached hydrogen (secondary N) is 1. The lowest BCUT2D eigenvalue weighted by molar-refractivity contribution is -0.135. The van der Waals surface area contributed by atoms with E-state index >= 15 is 0 Å². The fourth-order valence-corrected chi connectivity index (χ4v) is 2.71. The lowest BCUT2D eigenvalue weighted by Gasteiger charge is -1.97. The molecule has 0 radical (unpaired) electrons. The number of pyridine rings is 1. The van der Waals surface area contributed by atoms with Crippen LogP contribution in [0.25, 0.3) is 10.8 Å². The summed E-state index contributed by atoms with van der Waals surface area (Å²) >= 11 is 1.03. The molecule has 0 unspecified atom stereocenters. The predicted octanol–water partition coefficient (Wildman–Crippen LogP) is 1.84. The van der Waals surface area contributed by atoms with Crippen LogP contribution in [0.5, 0.6) is 0 Å². The summed E-state index contributed by atoms with van der Waals surface area (Å²) in [6, 6.07) is 7.75. The lowest BCUT2D eigenvalue weighted by Crippen LogP contribution is -2.19. The number of thioether (sulfide) groups is 1. The van der Waals surface area contributed by atoms with Crippen LogP contribution in [-0.2, 0) is 14.3 Å². The summed E-state index contributed by atoms with van der Waals surface area (Å²) in [4.78, 5) is 27.1. The number of carbonyl (C=O) groups excluding carboxylic acids is 2. The maximum Gasteiger partial charge on any atom is 0.331 e. The number of aromatic nitrogens is 1. The molecule has 1 aromatic heterocycles. The Kier molecular flexibility index (Phi) is 4.66. The first-order chi connectivity index (χ1) is 11.7. The van der Waals surface area contributed by atoms with Crippen molar-refractivity contribution in [1.29, 1.82) is 0 Å². The Morgan fingerprint density at radius 3 is 3.04 bits per heavy atom. The molecule has 0 bridgehead atoms. The Bertz CT molecular complexity index is 905. The number of hydrogen-bond acceptors (Lipinski definition) is 7. The fourth-order valence-electron chi connectivity index (χ4n) is 1.97. The summed E-state index contributed by atoms with van der Waals surface area (Å²) in [5, 5.41) is 12.8. The number of hydrogen-bond donors (Lipinski definition) is 1. The number of nitrogens with zero attached hydrogens (tertiary/aromatic N) is 3. The van der Waals surface area contributed by atoms with E-state index in [1.807, 2.05) is 24.3 Å². The highest BCUT2D eigenvalue weighted by Crippen LogP contribution is 2.23. The van der Waals surface area contributed by atoms with Gasteiger partial charge in [0.05, 0.1) is 18.2 Å². The van der Waals surface area contributed by atoms with Crippen molar-refractivity contribution in [2.45, 2.75) is 0 Å². The molecule has 1 N–H and O–H groups in total. The van der Waals surface area contributed by atoms with Crippen LogP contribution in [0.3, 0.4) is 0 Å². The number of amides is 1. The Morgan fingerprint density at radius 2 is 2.21 bits per heavy atom. The molecule has 2 heterocycles. The molecule has 0 spiro atoms. The van der Waals surface area contributed by atoms with Crippen LogP contribution in [0.15, 0.2) is 57.8 Å². The maximum atomic E-state index is 11.7. The van der Waals surface area contributed by atoms with Gasteiger partial charge in [0, 0.05) is 23.9 Å². The van der Waals surface area contributed by atoms with Crippen molar-refractivity contribution in [3.05, 3.63) is 53.2 Å². The molecule has 1 aliphatic rings. The van der Waals surface area contributed by atoms with E-state index in [-0.39, 0.29) is 4.91 Å². The van der Waals surface area contributed by atoms with E-state index in [4.69, 9.17) is 0 Å².